The van der Waals surface area contributed by atoms with Crippen LogP contribution in [-0.2, 0) is 16.1 Å². The van der Waals surface area contributed by atoms with E-state index >= 15 is 0 Å². The Kier molecular flexibility index (Phi) is 3.32. The minimum absolute atomic E-state index is 0.104. The molecule has 2 heterocycles. The van der Waals surface area contributed by atoms with E-state index in [4.69, 9.17) is 21.1 Å². The molecular formula is C17H11ClFNO3. The fourth-order valence-electron chi connectivity index (χ4n) is 2.78. The number of halogens is 2. The van der Waals surface area contributed by atoms with Crippen LogP contribution in [0.15, 0.2) is 30.3 Å². The highest BCUT2D eigenvalue weighted by Crippen LogP contribution is 2.37. The number of carbonyl (C=O) groups is 1. The van der Waals surface area contributed by atoms with Crippen LogP contribution in [0.5, 0.6) is 5.75 Å². The lowest BCUT2D eigenvalue weighted by atomic mass is 10.0. The van der Waals surface area contributed by atoms with Gasteiger partial charge in [-0.2, -0.15) is 0 Å². The molecule has 0 atom stereocenters. The van der Waals surface area contributed by atoms with E-state index in [1.54, 1.807) is 24.3 Å². The fourth-order valence-corrected chi connectivity index (χ4v) is 2.95. The average molecular weight is 332 g/mol. The van der Waals surface area contributed by atoms with Crippen LogP contribution in [-0.4, -0.2) is 12.7 Å². The molecule has 0 aromatic heterocycles. The molecule has 0 radical (unpaired) electrons. The Morgan fingerprint density at radius 2 is 2.13 bits per heavy atom. The molecule has 4 rings (SSSR count). The van der Waals surface area contributed by atoms with Gasteiger partial charge in [-0.1, -0.05) is 17.7 Å². The Bertz CT molecular complexity index is 863. The van der Waals surface area contributed by atoms with E-state index in [1.165, 1.54) is 12.1 Å². The van der Waals surface area contributed by atoms with Gasteiger partial charge in [0.1, 0.15) is 11.6 Å². The summed E-state index contributed by atoms with van der Waals surface area (Å²) in [6.45, 7) is 0.384. The third-order valence-corrected chi connectivity index (χ3v) is 4.00. The summed E-state index contributed by atoms with van der Waals surface area (Å²) in [5.74, 6) is -0.118. The van der Waals surface area contributed by atoms with Gasteiger partial charge >= 0.3 is 0 Å². The lowest BCUT2D eigenvalue weighted by Gasteiger charge is -2.19. The van der Waals surface area contributed by atoms with Crippen molar-refractivity contribution in [2.75, 3.05) is 12.1 Å². The molecule has 2 aliphatic rings. The molecule has 1 amide bonds. The summed E-state index contributed by atoms with van der Waals surface area (Å²) in [7, 11) is 0. The number of rotatable bonds is 1. The highest BCUT2D eigenvalue weighted by atomic mass is 35.5. The number of hydrogen-bond donors (Lipinski definition) is 1. The summed E-state index contributed by atoms with van der Waals surface area (Å²) >= 11 is 5.94. The molecule has 2 aliphatic heterocycles. The second-order valence-corrected chi connectivity index (χ2v) is 5.73. The van der Waals surface area contributed by atoms with Crippen molar-refractivity contribution in [1.29, 1.82) is 0 Å². The van der Waals surface area contributed by atoms with Crippen LogP contribution in [0.25, 0.3) is 11.6 Å². The zero-order chi connectivity index (χ0) is 16.0. The van der Waals surface area contributed by atoms with Crippen LogP contribution in [0.3, 0.4) is 0 Å². The Labute approximate surface area is 136 Å². The quantitative estimate of drug-likeness (QED) is 0.808. The minimum atomic E-state index is -0.403. The maximum Gasteiger partial charge on any atom is 0.256 e. The van der Waals surface area contributed by atoms with Crippen molar-refractivity contribution >= 4 is 34.8 Å². The summed E-state index contributed by atoms with van der Waals surface area (Å²) in [4.78, 5) is 12.2. The molecule has 23 heavy (non-hydrogen) atoms. The third kappa shape index (κ3) is 2.48. The monoisotopic (exact) mass is 331 g/mol. The van der Waals surface area contributed by atoms with Crippen molar-refractivity contribution in [3.05, 3.63) is 57.9 Å². The van der Waals surface area contributed by atoms with E-state index in [1.807, 2.05) is 0 Å². The maximum absolute atomic E-state index is 13.8. The molecule has 0 bridgehead atoms. The van der Waals surface area contributed by atoms with Crippen LogP contribution < -0.4 is 10.1 Å². The number of amides is 1. The summed E-state index contributed by atoms with van der Waals surface area (Å²) in [6, 6.07) is 7.87. The Morgan fingerprint density at radius 1 is 1.26 bits per heavy atom. The summed E-state index contributed by atoms with van der Waals surface area (Å²) < 4.78 is 24.5. The van der Waals surface area contributed by atoms with Crippen molar-refractivity contribution in [3.8, 4) is 5.75 Å². The van der Waals surface area contributed by atoms with Gasteiger partial charge < -0.3 is 14.8 Å². The number of fused-ring (bicyclic) bond motifs is 2. The second-order valence-electron chi connectivity index (χ2n) is 5.30. The topological polar surface area (TPSA) is 47.6 Å². The van der Waals surface area contributed by atoms with Gasteiger partial charge in [0.05, 0.1) is 12.3 Å². The molecule has 6 heteroatoms. The molecule has 0 saturated carbocycles. The van der Waals surface area contributed by atoms with Gasteiger partial charge in [0.15, 0.2) is 6.79 Å². The van der Waals surface area contributed by atoms with Crippen molar-refractivity contribution in [2.24, 2.45) is 0 Å². The highest BCUT2D eigenvalue weighted by molar-refractivity contribution is 6.36. The Morgan fingerprint density at radius 3 is 3.00 bits per heavy atom. The van der Waals surface area contributed by atoms with E-state index in [9.17, 15) is 9.18 Å². The minimum Gasteiger partial charge on any atom is -0.467 e. The van der Waals surface area contributed by atoms with Gasteiger partial charge in [-0.15, -0.1) is 0 Å². The summed E-state index contributed by atoms with van der Waals surface area (Å²) in [5, 5.41) is 3.29. The first-order chi connectivity index (χ1) is 11.1. The van der Waals surface area contributed by atoms with E-state index in [0.29, 0.717) is 33.2 Å². The fraction of sp³-hybridized carbons (Fsp3) is 0.118. The largest absolute Gasteiger partial charge is 0.467 e. The van der Waals surface area contributed by atoms with Gasteiger partial charge in [-0.05, 0) is 30.3 Å². The summed E-state index contributed by atoms with van der Waals surface area (Å²) in [5.41, 5.74) is 2.95. The van der Waals surface area contributed by atoms with Crippen molar-refractivity contribution < 1.29 is 18.7 Å². The number of benzene rings is 2. The smallest absolute Gasteiger partial charge is 0.256 e. The second kappa shape index (κ2) is 5.37. The van der Waals surface area contributed by atoms with Gasteiger partial charge in [0.2, 0.25) is 0 Å². The van der Waals surface area contributed by atoms with E-state index in [0.717, 1.165) is 5.56 Å². The highest BCUT2D eigenvalue weighted by Gasteiger charge is 2.25. The van der Waals surface area contributed by atoms with Crippen molar-refractivity contribution in [2.45, 2.75) is 6.61 Å². The average Bonchev–Trinajstić information content (AvgIpc) is 2.82. The van der Waals surface area contributed by atoms with Crippen LogP contribution in [0, 0.1) is 5.82 Å². The van der Waals surface area contributed by atoms with E-state index in [-0.39, 0.29) is 19.3 Å². The van der Waals surface area contributed by atoms with E-state index < -0.39 is 5.82 Å². The zero-order valence-corrected chi connectivity index (χ0v) is 12.6. The van der Waals surface area contributed by atoms with Gasteiger partial charge in [-0.25, -0.2) is 4.39 Å². The molecule has 116 valence electrons. The van der Waals surface area contributed by atoms with Crippen LogP contribution >= 0.6 is 11.6 Å². The molecule has 0 spiro atoms. The Balaban J connectivity index is 1.86. The molecule has 1 N–H and O–H groups in total. The molecule has 4 nitrogen and oxygen atoms in total. The SMILES string of the molecule is O=C1Nc2cc(Cl)ccc2C1=Cc1cc(F)cc2c1OCOC2. The lowest BCUT2D eigenvalue weighted by Crippen LogP contribution is -2.13. The molecule has 0 saturated heterocycles. The van der Waals surface area contributed by atoms with Crippen molar-refractivity contribution in [1.82, 2.24) is 0 Å². The first kappa shape index (κ1) is 14.2. The lowest BCUT2D eigenvalue weighted by molar-refractivity contribution is -0.110. The normalized spacial score (nSPS) is 17.5. The molecule has 2 aromatic carbocycles. The number of ether oxygens (including phenoxy) is 2. The van der Waals surface area contributed by atoms with E-state index in [2.05, 4.69) is 5.32 Å². The number of anilines is 1. The van der Waals surface area contributed by atoms with Gasteiger partial charge in [-0.3, -0.25) is 4.79 Å². The van der Waals surface area contributed by atoms with Crippen LogP contribution in [0.4, 0.5) is 10.1 Å². The first-order valence-electron chi connectivity index (χ1n) is 6.98. The molecule has 0 unspecified atom stereocenters. The third-order valence-electron chi connectivity index (χ3n) is 3.77. The van der Waals surface area contributed by atoms with Gasteiger partial charge in [0.25, 0.3) is 5.91 Å². The number of hydrogen-bond acceptors (Lipinski definition) is 3. The molecular weight excluding hydrogens is 321 g/mol. The molecule has 0 fully saturated rings. The number of nitrogens with one attached hydrogen (secondary N) is 1. The van der Waals surface area contributed by atoms with Crippen LogP contribution in [0.2, 0.25) is 5.02 Å². The van der Waals surface area contributed by atoms with Gasteiger partial charge in [0, 0.05) is 27.3 Å². The van der Waals surface area contributed by atoms with Crippen LogP contribution in [0.1, 0.15) is 16.7 Å². The standard InChI is InChI=1S/C17H11ClFNO3/c18-11-1-2-13-14(17(21)20-15(13)6-11)5-9-3-12(19)4-10-7-22-8-23-16(9)10/h1-6H,7-8H2,(H,20,21). The molecule has 2 aromatic rings. The predicted octanol–water partition coefficient (Wildman–Crippen LogP) is 3.84. The predicted molar refractivity (Wildman–Crippen MR) is 84.6 cm³/mol. The first-order valence-corrected chi connectivity index (χ1v) is 7.35. The zero-order valence-electron chi connectivity index (χ0n) is 11.9. The Hall–Kier alpha value is -2.37. The summed E-state index contributed by atoms with van der Waals surface area (Å²) in [6.07, 6.45) is 1.63. The number of carbonyl (C=O) groups excluding carboxylic acids is 1. The van der Waals surface area contributed by atoms with Crippen molar-refractivity contribution in [3.63, 3.8) is 0 Å². The molecule has 0 aliphatic carbocycles. The maximum atomic E-state index is 13.8.